The van der Waals surface area contributed by atoms with Gasteiger partial charge in [0.05, 0.1) is 19.6 Å². The molecule has 1 unspecified atom stereocenters. The maximum absolute atomic E-state index is 12.5. The van der Waals surface area contributed by atoms with Crippen LogP contribution in [0.3, 0.4) is 0 Å². The van der Waals surface area contributed by atoms with E-state index >= 15 is 0 Å². The Balaban J connectivity index is 1.28. The Hall–Kier alpha value is -3.42. The number of benzene rings is 2. The van der Waals surface area contributed by atoms with Crippen molar-refractivity contribution in [2.24, 2.45) is 5.92 Å². The molecule has 0 spiro atoms. The van der Waals surface area contributed by atoms with E-state index in [-0.39, 0.29) is 25.0 Å². The van der Waals surface area contributed by atoms with E-state index in [2.05, 4.69) is 5.32 Å². The van der Waals surface area contributed by atoms with Gasteiger partial charge in [0.2, 0.25) is 18.6 Å². The van der Waals surface area contributed by atoms with Crippen LogP contribution in [0.15, 0.2) is 42.5 Å². The van der Waals surface area contributed by atoms with Gasteiger partial charge >= 0.3 is 0 Å². The molecule has 1 fully saturated rings. The van der Waals surface area contributed by atoms with E-state index in [0.29, 0.717) is 48.4 Å². The summed E-state index contributed by atoms with van der Waals surface area (Å²) in [6.45, 7) is 1.15. The zero-order chi connectivity index (χ0) is 20.2. The molecule has 1 atom stereocenters. The lowest BCUT2D eigenvalue weighted by Gasteiger charge is -2.17. The number of methoxy groups -OCH3 is 1. The van der Waals surface area contributed by atoms with Crippen molar-refractivity contribution >= 4 is 17.5 Å². The third-order valence-corrected chi connectivity index (χ3v) is 4.89. The van der Waals surface area contributed by atoms with E-state index in [4.69, 9.17) is 18.9 Å². The summed E-state index contributed by atoms with van der Waals surface area (Å²) in [4.78, 5) is 26.5. The first-order valence-electron chi connectivity index (χ1n) is 9.39. The van der Waals surface area contributed by atoms with Crippen molar-refractivity contribution in [3.63, 3.8) is 0 Å². The predicted octanol–water partition coefficient (Wildman–Crippen LogP) is 1.97. The minimum absolute atomic E-state index is 0.0886. The molecule has 2 aromatic rings. The summed E-state index contributed by atoms with van der Waals surface area (Å²) in [5, 5.41) is 2.84. The van der Waals surface area contributed by atoms with Crippen molar-refractivity contribution in [2.75, 3.05) is 38.5 Å². The molecule has 0 aliphatic carbocycles. The molecule has 0 radical (unpaired) electrons. The van der Waals surface area contributed by atoms with E-state index in [1.807, 2.05) is 18.2 Å². The topological polar surface area (TPSA) is 86.3 Å². The fourth-order valence-corrected chi connectivity index (χ4v) is 3.40. The molecular formula is C21H22N2O6. The minimum Gasteiger partial charge on any atom is -0.493 e. The van der Waals surface area contributed by atoms with E-state index in [1.165, 1.54) is 0 Å². The number of carbonyl (C=O) groups excluding carboxylic acids is 2. The average Bonchev–Trinajstić information content (AvgIpc) is 3.37. The molecule has 2 heterocycles. The van der Waals surface area contributed by atoms with Crippen LogP contribution in [-0.2, 0) is 9.59 Å². The van der Waals surface area contributed by atoms with Gasteiger partial charge in [0, 0.05) is 24.7 Å². The lowest BCUT2D eigenvalue weighted by Crippen LogP contribution is -2.35. The van der Waals surface area contributed by atoms with Crippen LogP contribution in [0.4, 0.5) is 5.69 Å². The number of ether oxygens (including phenoxy) is 4. The number of hydrogen-bond acceptors (Lipinski definition) is 6. The van der Waals surface area contributed by atoms with Gasteiger partial charge in [-0.05, 0) is 24.3 Å². The molecule has 4 rings (SSSR count). The second-order valence-electron chi connectivity index (χ2n) is 6.73. The van der Waals surface area contributed by atoms with Crippen LogP contribution in [0, 0.1) is 5.92 Å². The molecule has 2 aromatic carbocycles. The van der Waals surface area contributed by atoms with Crippen LogP contribution in [0.25, 0.3) is 0 Å². The lowest BCUT2D eigenvalue weighted by atomic mass is 10.1. The molecule has 2 aliphatic rings. The molecule has 2 amide bonds. The zero-order valence-electron chi connectivity index (χ0n) is 16.1. The number of amides is 2. The van der Waals surface area contributed by atoms with Crippen LogP contribution >= 0.6 is 0 Å². The molecule has 8 heteroatoms. The first-order valence-corrected chi connectivity index (χ1v) is 9.39. The fraction of sp³-hybridized carbons (Fsp3) is 0.333. The van der Waals surface area contributed by atoms with E-state index in [0.717, 1.165) is 0 Å². The number of para-hydroxylation sites is 2. The third-order valence-electron chi connectivity index (χ3n) is 4.89. The second-order valence-corrected chi connectivity index (χ2v) is 6.73. The number of nitrogens with one attached hydrogen (secondary N) is 1. The summed E-state index contributed by atoms with van der Waals surface area (Å²) in [6.07, 6.45) is 0.174. The number of nitrogens with zero attached hydrogens (tertiary/aromatic N) is 1. The third kappa shape index (κ3) is 4.06. The molecule has 8 nitrogen and oxygen atoms in total. The van der Waals surface area contributed by atoms with E-state index in [1.54, 1.807) is 36.3 Å². The molecule has 0 bridgehead atoms. The Bertz CT molecular complexity index is 916. The fourth-order valence-electron chi connectivity index (χ4n) is 3.40. The Kier molecular flexibility index (Phi) is 5.41. The molecule has 0 saturated carbocycles. The maximum atomic E-state index is 12.5. The van der Waals surface area contributed by atoms with Crippen molar-refractivity contribution in [3.8, 4) is 23.0 Å². The van der Waals surface area contributed by atoms with Gasteiger partial charge in [-0.2, -0.15) is 0 Å². The van der Waals surface area contributed by atoms with Gasteiger partial charge in [-0.1, -0.05) is 12.1 Å². The Morgan fingerprint density at radius 2 is 1.97 bits per heavy atom. The average molecular weight is 398 g/mol. The van der Waals surface area contributed by atoms with E-state index in [9.17, 15) is 9.59 Å². The van der Waals surface area contributed by atoms with Gasteiger partial charge < -0.3 is 29.2 Å². The van der Waals surface area contributed by atoms with Gasteiger partial charge in [0.15, 0.2) is 23.0 Å². The summed E-state index contributed by atoms with van der Waals surface area (Å²) in [7, 11) is 1.58. The second kappa shape index (κ2) is 8.30. The van der Waals surface area contributed by atoms with Crippen molar-refractivity contribution < 1.29 is 28.5 Å². The first-order chi connectivity index (χ1) is 14.2. The number of rotatable bonds is 7. The Morgan fingerprint density at radius 3 is 2.79 bits per heavy atom. The highest BCUT2D eigenvalue weighted by Gasteiger charge is 2.35. The Labute approximate surface area is 168 Å². The summed E-state index contributed by atoms with van der Waals surface area (Å²) in [5.41, 5.74) is 0.703. The van der Waals surface area contributed by atoms with Crippen molar-refractivity contribution in [1.29, 1.82) is 0 Å². The largest absolute Gasteiger partial charge is 0.493 e. The number of hydrogen-bond donors (Lipinski definition) is 1. The molecular weight excluding hydrogens is 376 g/mol. The van der Waals surface area contributed by atoms with Gasteiger partial charge in [0.25, 0.3) is 0 Å². The lowest BCUT2D eigenvalue weighted by molar-refractivity contribution is -0.126. The highest BCUT2D eigenvalue weighted by atomic mass is 16.7. The quantitative estimate of drug-likeness (QED) is 0.718. The van der Waals surface area contributed by atoms with Gasteiger partial charge in [-0.3, -0.25) is 9.59 Å². The molecule has 29 heavy (non-hydrogen) atoms. The molecule has 1 saturated heterocycles. The molecule has 1 N–H and O–H groups in total. The summed E-state index contributed by atoms with van der Waals surface area (Å²) in [6, 6.07) is 12.7. The van der Waals surface area contributed by atoms with Gasteiger partial charge in [0.1, 0.15) is 6.61 Å². The molecule has 2 aliphatic heterocycles. The summed E-state index contributed by atoms with van der Waals surface area (Å²) < 4.78 is 21.5. The standard InChI is InChI=1S/C21H22N2O6/c1-26-16-4-2-3-5-17(16)27-9-8-22-21(25)14-10-20(24)23(12-14)15-6-7-18-19(11-15)29-13-28-18/h2-7,11,14H,8-10,12-13H2,1H3,(H,22,25). The smallest absolute Gasteiger partial charge is 0.231 e. The van der Waals surface area contributed by atoms with Gasteiger partial charge in [-0.25, -0.2) is 0 Å². The highest BCUT2D eigenvalue weighted by Crippen LogP contribution is 2.37. The summed E-state index contributed by atoms with van der Waals surface area (Å²) >= 11 is 0. The SMILES string of the molecule is COc1ccccc1OCCNC(=O)C1CC(=O)N(c2ccc3c(c2)OCO3)C1. The number of fused-ring (bicyclic) bond motifs is 1. The zero-order valence-corrected chi connectivity index (χ0v) is 16.1. The molecule has 152 valence electrons. The van der Waals surface area contributed by atoms with Crippen molar-refractivity contribution in [1.82, 2.24) is 5.32 Å². The van der Waals surface area contributed by atoms with Crippen LogP contribution < -0.4 is 29.2 Å². The molecule has 0 aromatic heterocycles. The van der Waals surface area contributed by atoms with E-state index < -0.39 is 5.92 Å². The number of anilines is 1. The normalized spacial score (nSPS) is 17.3. The van der Waals surface area contributed by atoms with Crippen LogP contribution in [0.2, 0.25) is 0 Å². The van der Waals surface area contributed by atoms with Crippen molar-refractivity contribution in [2.45, 2.75) is 6.42 Å². The maximum Gasteiger partial charge on any atom is 0.231 e. The Morgan fingerprint density at radius 1 is 1.17 bits per heavy atom. The van der Waals surface area contributed by atoms with Gasteiger partial charge in [-0.15, -0.1) is 0 Å². The predicted molar refractivity (Wildman–Crippen MR) is 105 cm³/mol. The van der Waals surface area contributed by atoms with Crippen LogP contribution in [-0.4, -0.2) is 45.4 Å². The van der Waals surface area contributed by atoms with Crippen LogP contribution in [0.5, 0.6) is 23.0 Å². The first kappa shape index (κ1) is 18.9. The minimum atomic E-state index is -0.404. The number of carbonyl (C=O) groups is 2. The summed E-state index contributed by atoms with van der Waals surface area (Å²) in [5.74, 6) is 1.87. The van der Waals surface area contributed by atoms with Crippen LogP contribution in [0.1, 0.15) is 6.42 Å². The van der Waals surface area contributed by atoms with Crippen molar-refractivity contribution in [3.05, 3.63) is 42.5 Å². The monoisotopic (exact) mass is 398 g/mol. The highest BCUT2D eigenvalue weighted by molar-refractivity contribution is 6.00.